The highest BCUT2D eigenvalue weighted by atomic mass is 16.5. The van der Waals surface area contributed by atoms with Gasteiger partial charge >= 0.3 is 0 Å². The smallest absolute Gasteiger partial charge is 0.0566 e. The molecule has 2 nitrogen and oxygen atoms in total. The van der Waals surface area contributed by atoms with Gasteiger partial charge in [-0.25, -0.2) is 0 Å². The molecule has 1 saturated heterocycles. The minimum Gasteiger partial charge on any atom is -0.380 e. The summed E-state index contributed by atoms with van der Waals surface area (Å²) >= 11 is 0. The van der Waals surface area contributed by atoms with E-state index in [-0.39, 0.29) is 5.41 Å². The lowest BCUT2D eigenvalue weighted by molar-refractivity contribution is -0.153. The van der Waals surface area contributed by atoms with Crippen molar-refractivity contribution in [3.63, 3.8) is 0 Å². The van der Waals surface area contributed by atoms with E-state index in [1.807, 2.05) is 0 Å². The first kappa shape index (κ1) is 13.8. The first-order chi connectivity index (χ1) is 9.83. The predicted octanol–water partition coefficient (Wildman–Crippen LogP) is 3.53. The summed E-state index contributed by atoms with van der Waals surface area (Å²) in [6.45, 7) is 5.61. The molecule has 0 aromatic heterocycles. The van der Waals surface area contributed by atoms with Crippen LogP contribution in [-0.2, 0) is 9.47 Å². The van der Waals surface area contributed by atoms with E-state index in [0.717, 1.165) is 32.8 Å². The van der Waals surface area contributed by atoms with Crippen LogP contribution in [-0.4, -0.2) is 26.4 Å². The lowest BCUT2D eigenvalue weighted by atomic mass is 9.82. The molecule has 3 aliphatic rings. The van der Waals surface area contributed by atoms with Crippen LogP contribution in [0.5, 0.6) is 0 Å². The molecule has 0 amide bonds. The van der Waals surface area contributed by atoms with Gasteiger partial charge in [-0.2, -0.15) is 0 Å². The van der Waals surface area contributed by atoms with E-state index in [4.69, 9.17) is 9.47 Å². The van der Waals surface area contributed by atoms with Gasteiger partial charge in [0.1, 0.15) is 0 Å². The van der Waals surface area contributed by atoms with E-state index in [0.29, 0.717) is 17.8 Å². The van der Waals surface area contributed by atoms with Crippen LogP contribution in [0.15, 0.2) is 48.6 Å². The maximum absolute atomic E-state index is 6.10. The normalized spacial score (nSPS) is 24.1. The molecule has 0 aromatic carbocycles. The molecule has 0 atom stereocenters. The molecule has 0 aromatic rings. The molecule has 2 aliphatic carbocycles. The zero-order chi connectivity index (χ0) is 13.8. The van der Waals surface area contributed by atoms with Crippen molar-refractivity contribution in [2.75, 3.05) is 26.4 Å². The second kappa shape index (κ2) is 6.11. The third-order valence-electron chi connectivity index (χ3n) is 4.83. The molecule has 108 valence electrons. The van der Waals surface area contributed by atoms with Gasteiger partial charge < -0.3 is 9.47 Å². The Morgan fingerprint density at radius 3 is 2.00 bits per heavy atom. The molecule has 2 heteroatoms. The molecule has 0 N–H and O–H groups in total. The van der Waals surface area contributed by atoms with Crippen LogP contribution in [0.4, 0.5) is 0 Å². The summed E-state index contributed by atoms with van der Waals surface area (Å²) in [5, 5.41) is 0. The zero-order valence-electron chi connectivity index (χ0n) is 12.2. The van der Waals surface area contributed by atoms with Crippen molar-refractivity contribution in [3.8, 4) is 0 Å². The van der Waals surface area contributed by atoms with Crippen molar-refractivity contribution >= 4 is 0 Å². The van der Waals surface area contributed by atoms with Gasteiger partial charge in [-0.15, -0.1) is 0 Å². The minimum absolute atomic E-state index is 0.285. The number of ether oxygens (including phenoxy) is 2. The summed E-state index contributed by atoms with van der Waals surface area (Å²) in [7, 11) is 0. The highest BCUT2D eigenvalue weighted by molar-refractivity contribution is 5.24. The van der Waals surface area contributed by atoms with Crippen molar-refractivity contribution in [2.45, 2.75) is 13.3 Å². The summed E-state index contributed by atoms with van der Waals surface area (Å²) in [6.07, 6.45) is 18.9. The van der Waals surface area contributed by atoms with E-state index < -0.39 is 0 Å². The largest absolute Gasteiger partial charge is 0.380 e. The second-order valence-corrected chi connectivity index (χ2v) is 6.22. The second-order valence-electron chi connectivity index (χ2n) is 6.22. The van der Waals surface area contributed by atoms with E-state index >= 15 is 0 Å². The Hall–Kier alpha value is -1.12. The number of rotatable bonds is 7. The van der Waals surface area contributed by atoms with Gasteiger partial charge in [0.2, 0.25) is 0 Å². The van der Waals surface area contributed by atoms with Crippen LogP contribution < -0.4 is 0 Å². The van der Waals surface area contributed by atoms with Crippen LogP contribution in [0.3, 0.4) is 0 Å². The van der Waals surface area contributed by atoms with Gasteiger partial charge in [0.25, 0.3) is 0 Å². The minimum atomic E-state index is 0.285. The molecule has 1 heterocycles. The molecule has 3 rings (SSSR count). The standard InChI is InChI=1S/C18H24O2/c1-2-18(13-20-14-18)12-19-11-17(15-7-3-4-8-15)16-9-5-6-10-16/h3-10,15-17H,2,11-14H2,1H3. The molecule has 20 heavy (non-hydrogen) atoms. The van der Waals surface area contributed by atoms with Crippen LogP contribution in [0.1, 0.15) is 13.3 Å². The van der Waals surface area contributed by atoms with Crippen molar-refractivity contribution in [1.29, 1.82) is 0 Å². The Morgan fingerprint density at radius 1 is 1.05 bits per heavy atom. The van der Waals surface area contributed by atoms with Gasteiger partial charge in [0.15, 0.2) is 0 Å². The van der Waals surface area contributed by atoms with E-state index in [1.54, 1.807) is 0 Å². The molecule has 0 radical (unpaired) electrons. The van der Waals surface area contributed by atoms with Crippen LogP contribution in [0.2, 0.25) is 0 Å². The fourth-order valence-corrected chi connectivity index (χ4v) is 3.14. The van der Waals surface area contributed by atoms with E-state index in [9.17, 15) is 0 Å². The molecule has 1 fully saturated rings. The summed E-state index contributed by atoms with van der Waals surface area (Å²) < 4.78 is 11.5. The van der Waals surface area contributed by atoms with Crippen molar-refractivity contribution in [3.05, 3.63) is 48.6 Å². The quantitative estimate of drug-likeness (QED) is 0.706. The Bertz CT molecular complexity index is 383. The monoisotopic (exact) mass is 272 g/mol. The number of hydrogen-bond donors (Lipinski definition) is 0. The van der Waals surface area contributed by atoms with Gasteiger partial charge in [0, 0.05) is 23.2 Å². The predicted molar refractivity (Wildman–Crippen MR) is 81.4 cm³/mol. The van der Waals surface area contributed by atoms with Crippen molar-refractivity contribution in [2.24, 2.45) is 23.2 Å². The molecular formula is C18H24O2. The molecule has 0 spiro atoms. The summed E-state index contributed by atoms with van der Waals surface area (Å²) in [5.74, 6) is 1.51. The molecule has 0 saturated carbocycles. The van der Waals surface area contributed by atoms with Gasteiger partial charge in [-0.1, -0.05) is 55.5 Å². The van der Waals surface area contributed by atoms with Crippen molar-refractivity contribution in [1.82, 2.24) is 0 Å². The van der Waals surface area contributed by atoms with Crippen LogP contribution in [0, 0.1) is 23.2 Å². The maximum atomic E-state index is 6.10. The Labute approximate surface area is 121 Å². The van der Waals surface area contributed by atoms with Crippen LogP contribution in [0.25, 0.3) is 0 Å². The lowest BCUT2D eigenvalue weighted by Gasteiger charge is -2.41. The Morgan fingerprint density at radius 2 is 1.60 bits per heavy atom. The van der Waals surface area contributed by atoms with Crippen molar-refractivity contribution < 1.29 is 9.47 Å². The molecular weight excluding hydrogens is 248 g/mol. The topological polar surface area (TPSA) is 18.5 Å². The third-order valence-corrected chi connectivity index (χ3v) is 4.83. The summed E-state index contributed by atoms with van der Waals surface area (Å²) in [6, 6.07) is 0. The maximum Gasteiger partial charge on any atom is 0.0566 e. The lowest BCUT2D eigenvalue weighted by Crippen LogP contribution is -2.46. The molecule has 0 unspecified atom stereocenters. The average molecular weight is 272 g/mol. The first-order valence-corrected chi connectivity index (χ1v) is 7.68. The van der Waals surface area contributed by atoms with E-state index in [2.05, 4.69) is 55.5 Å². The zero-order valence-corrected chi connectivity index (χ0v) is 12.2. The SMILES string of the molecule is CCC1(COCC(C2C=CC=C2)C2C=CC=C2)COC1. The number of allylic oxidation sites excluding steroid dienone is 8. The third kappa shape index (κ3) is 2.82. The van der Waals surface area contributed by atoms with Gasteiger partial charge in [-0.05, 0) is 6.42 Å². The first-order valence-electron chi connectivity index (χ1n) is 7.68. The fraction of sp³-hybridized carbons (Fsp3) is 0.556. The summed E-state index contributed by atoms with van der Waals surface area (Å²) in [4.78, 5) is 0. The average Bonchev–Trinajstić information content (AvgIpc) is 3.10. The van der Waals surface area contributed by atoms with Gasteiger partial charge in [0.05, 0.1) is 26.4 Å². The van der Waals surface area contributed by atoms with E-state index in [1.165, 1.54) is 0 Å². The molecule has 1 aliphatic heterocycles. The summed E-state index contributed by atoms with van der Waals surface area (Å²) in [5.41, 5.74) is 0.285. The van der Waals surface area contributed by atoms with Gasteiger partial charge in [-0.3, -0.25) is 0 Å². The molecule has 0 bridgehead atoms. The highest BCUT2D eigenvalue weighted by Crippen LogP contribution is 2.34. The fourth-order valence-electron chi connectivity index (χ4n) is 3.14. The Kier molecular flexibility index (Phi) is 4.23. The number of hydrogen-bond acceptors (Lipinski definition) is 2. The van der Waals surface area contributed by atoms with Crippen LogP contribution >= 0.6 is 0 Å². The Balaban J connectivity index is 1.56. The highest BCUT2D eigenvalue weighted by Gasteiger charge is 2.37.